The van der Waals surface area contributed by atoms with Crippen molar-refractivity contribution in [3.05, 3.63) is 39.8 Å². The van der Waals surface area contributed by atoms with E-state index in [2.05, 4.69) is 9.72 Å². The Labute approximate surface area is 126 Å². The molecule has 0 amide bonds. The molecule has 1 aromatic carbocycles. The standard InChI is InChI=1S/C15H15NO4S/c1-18-11-6-4-10(8-12(11)19-2)5-7-14-16-9-13(21-14)15(17)20-3/h4-9H,1-3H3/b7-5+. The number of nitrogens with zero attached hydrogens (tertiary/aromatic N) is 1. The summed E-state index contributed by atoms with van der Waals surface area (Å²) in [5.74, 6) is 0.962. The Kier molecular flexibility index (Phi) is 4.94. The largest absolute Gasteiger partial charge is 0.493 e. The number of methoxy groups -OCH3 is 3. The number of carbonyl (C=O) groups is 1. The second kappa shape index (κ2) is 6.90. The number of rotatable bonds is 5. The summed E-state index contributed by atoms with van der Waals surface area (Å²) in [6.07, 6.45) is 5.23. The number of aromatic nitrogens is 1. The van der Waals surface area contributed by atoms with E-state index in [9.17, 15) is 4.79 Å². The molecule has 1 heterocycles. The molecular formula is C15H15NO4S. The topological polar surface area (TPSA) is 57.7 Å². The number of thiazole rings is 1. The van der Waals surface area contributed by atoms with Gasteiger partial charge in [-0.25, -0.2) is 9.78 Å². The predicted octanol–water partition coefficient (Wildman–Crippen LogP) is 3.12. The Hall–Kier alpha value is -2.34. The fourth-order valence-electron chi connectivity index (χ4n) is 1.68. The Balaban J connectivity index is 2.17. The molecule has 0 radical (unpaired) electrons. The molecule has 110 valence electrons. The highest BCUT2D eigenvalue weighted by atomic mass is 32.1. The first-order chi connectivity index (χ1) is 10.2. The number of esters is 1. The van der Waals surface area contributed by atoms with Crippen LogP contribution in [0.15, 0.2) is 24.4 Å². The minimum Gasteiger partial charge on any atom is -0.493 e. The first kappa shape index (κ1) is 15.1. The van der Waals surface area contributed by atoms with Crippen molar-refractivity contribution >= 4 is 29.5 Å². The van der Waals surface area contributed by atoms with Gasteiger partial charge in [0.05, 0.1) is 27.5 Å². The SMILES string of the molecule is COC(=O)c1cnc(/C=C/c2ccc(OC)c(OC)c2)s1. The van der Waals surface area contributed by atoms with E-state index < -0.39 is 0 Å². The zero-order valence-corrected chi connectivity index (χ0v) is 12.8. The summed E-state index contributed by atoms with van der Waals surface area (Å²) in [6.45, 7) is 0. The zero-order chi connectivity index (χ0) is 15.2. The van der Waals surface area contributed by atoms with Gasteiger partial charge in [0.15, 0.2) is 11.5 Å². The Morgan fingerprint density at radius 2 is 1.90 bits per heavy atom. The molecule has 2 aromatic rings. The van der Waals surface area contributed by atoms with E-state index in [1.54, 1.807) is 14.2 Å². The maximum atomic E-state index is 11.3. The lowest BCUT2D eigenvalue weighted by Crippen LogP contribution is -1.96. The predicted molar refractivity (Wildman–Crippen MR) is 81.9 cm³/mol. The molecule has 2 rings (SSSR count). The molecule has 0 saturated carbocycles. The average molecular weight is 305 g/mol. The summed E-state index contributed by atoms with van der Waals surface area (Å²) in [5.41, 5.74) is 0.947. The van der Waals surface area contributed by atoms with Crippen LogP contribution in [0.4, 0.5) is 0 Å². The van der Waals surface area contributed by atoms with Gasteiger partial charge < -0.3 is 14.2 Å². The van der Waals surface area contributed by atoms with Gasteiger partial charge in [-0.15, -0.1) is 11.3 Å². The van der Waals surface area contributed by atoms with Crippen molar-refractivity contribution in [2.24, 2.45) is 0 Å². The van der Waals surface area contributed by atoms with Gasteiger partial charge in [0.2, 0.25) is 0 Å². The van der Waals surface area contributed by atoms with Crippen molar-refractivity contribution < 1.29 is 19.0 Å². The summed E-state index contributed by atoms with van der Waals surface area (Å²) >= 11 is 1.27. The van der Waals surface area contributed by atoms with E-state index in [0.29, 0.717) is 16.4 Å². The first-order valence-electron chi connectivity index (χ1n) is 6.12. The zero-order valence-electron chi connectivity index (χ0n) is 12.0. The van der Waals surface area contributed by atoms with Crippen LogP contribution in [0, 0.1) is 0 Å². The lowest BCUT2D eigenvalue weighted by atomic mass is 10.2. The maximum absolute atomic E-state index is 11.3. The van der Waals surface area contributed by atoms with Gasteiger partial charge in [0, 0.05) is 0 Å². The lowest BCUT2D eigenvalue weighted by Gasteiger charge is -2.07. The smallest absolute Gasteiger partial charge is 0.349 e. The van der Waals surface area contributed by atoms with Gasteiger partial charge in [0.1, 0.15) is 9.88 Å². The fourth-order valence-corrected chi connectivity index (χ4v) is 2.42. The van der Waals surface area contributed by atoms with Crippen LogP contribution in [0.25, 0.3) is 12.2 Å². The number of hydrogen-bond acceptors (Lipinski definition) is 6. The molecule has 6 heteroatoms. The van der Waals surface area contributed by atoms with E-state index in [4.69, 9.17) is 9.47 Å². The molecule has 1 aromatic heterocycles. The molecule has 0 saturated heterocycles. The van der Waals surface area contributed by atoms with Crippen LogP contribution in [-0.2, 0) is 4.74 Å². The molecule has 0 aliphatic carbocycles. The average Bonchev–Trinajstić information content (AvgIpc) is 3.00. The lowest BCUT2D eigenvalue weighted by molar-refractivity contribution is 0.0606. The molecule has 21 heavy (non-hydrogen) atoms. The third-order valence-corrected chi connectivity index (χ3v) is 3.68. The van der Waals surface area contributed by atoms with Crippen LogP contribution >= 0.6 is 11.3 Å². The third kappa shape index (κ3) is 3.61. The molecule has 0 spiro atoms. The molecule has 0 N–H and O–H groups in total. The summed E-state index contributed by atoms with van der Waals surface area (Å²) < 4.78 is 15.1. The molecule has 0 atom stereocenters. The minimum absolute atomic E-state index is 0.377. The molecule has 0 aliphatic rings. The van der Waals surface area contributed by atoms with E-state index in [0.717, 1.165) is 10.6 Å². The Bertz CT molecular complexity index is 663. The molecule has 0 unspecified atom stereocenters. The second-order valence-corrected chi connectivity index (χ2v) is 5.06. The van der Waals surface area contributed by atoms with Crippen LogP contribution in [0.5, 0.6) is 11.5 Å². The Morgan fingerprint density at radius 3 is 2.57 bits per heavy atom. The number of ether oxygens (including phenoxy) is 3. The van der Waals surface area contributed by atoms with Crippen LogP contribution in [0.2, 0.25) is 0 Å². The van der Waals surface area contributed by atoms with Gasteiger partial charge in [-0.3, -0.25) is 0 Å². The van der Waals surface area contributed by atoms with Crippen LogP contribution in [0.3, 0.4) is 0 Å². The minimum atomic E-state index is -0.377. The van der Waals surface area contributed by atoms with Crippen LogP contribution < -0.4 is 9.47 Å². The quantitative estimate of drug-likeness (QED) is 0.794. The summed E-state index contributed by atoms with van der Waals surface area (Å²) in [4.78, 5) is 16.0. The first-order valence-corrected chi connectivity index (χ1v) is 6.94. The summed E-state index contributed by atoms with van der Waals surface area (Å²) in [6, 6.07) is 5.61. The van der Waals surface area contributed by atoms with Gasteiger partial charge in [-0.05, 0) is 23.8 Å². The van der Waals surface area contributed by atoms with Gasteiger partial charge >= 0.3 is 5.97 Å². The summed E-state index contributed by atoms with van der Waals surface area (Å²) in [7, 11) is 4.54. The van der Waals surface area contributed by atoms with Gasteiger partial charge in [0.25, 0.3) is 0 Å². The number of carbonyl (C=O) groups excluding carboxylic acids is 1. The van der Waals surface area contributed by atoms with E-state index >= 15 is 0 Å². The summed E-state index contributed by atoms with van der Waals surface area (Å²) in [5, 5.41) is 0.727. The normalized spacial score (nSPS) is 10.6. The highest BCUT2D eigenvalue weighted by molar-refractivity contribution is 7.14. The molecular weight excluding hydrogens is 290 g/mol. The van der Waals surface area contributed by atoms with Crippen molar-refractivity contribution in [1.82, 2.24) is 4.98 Å². The van der Waals surface area contributed by atoms with Crippen LogP contribution in [0.1, 0.15) is 20.2 Å². The van der Waals surface area contributed by atoms with Crippen molar-refractivity contribution in [3.63, 3.8) is 0 Å². The van der Waals surface area contributed by atoms with Gasteiger partial charge in [-0.2, -0.15) is 0 Å². The molecule has 0 bridgehead atoms. The Morgan fingerprint density at radius 1 is 1.14 bits per heavy atom. The molecule has 0 fully saturated rings. The molecule has 0 aliphatic heterocycles. The fraction of sp³-hybridized carbons (Fsp3) is 0.200. The second-order valence-electron chi connectivity index (χ2n) is 4.00. The monoisotopic (exact) mass is 305 g/mol. The van der Waals surface area contributed by atoms with Crippen molar-refractivity contribution in [2.75, 3.05) is 21.3 Å². The highest BCUT2D eigenvalue weighted by Crippen LogP contribution is 2.28. The van der Waals surface area contributed by atoms with E-state index in [1.807, 2.05) is 30.4 Å². The van der Waals surface area contributed by atoms with Crippen molar-refractivity contribution in [1.29, 1.82) is 0 Å². The molecule has 5 nitrogen and oxygen atoms in total. The van der Waals surface area contributed by atoms with E-state index in [1.165, 1.54) is 24.6 Å². The highest BCUT2D eigenvalue weighted by Gasteiger charge is 2.09. The van der Waals surface area contributed by atoms with Gasteiger partial charge in [-0.1, -0.05) is 12.1 Å². The van der Waals surface area contributed by atoms with Crippen molar-refractivity contribution in [2.45, 2.75) is 0 Å². The number of benzene rings is 1. The van der Waals surface area contributed by atoms with Crippen molar-refractivity contribution in [3.8, 4) is 11.5 Å². The maximum Gasteiger partial charge on any atom is 0.349 e. The third-order valence-electron chi connectivity index (χ3n) is 2.74. The van der Waals surface area contributed by atoms with E-state index in [-0.39, 0.29) is 5.97 Å². The van der Waals surface area contributed by atoms with Crippen LogP contribution in [-0.4, -0.2) is 32.3 Å². The number of hydrogen-bond donors (Lipinski definition) is 0.